The molecule has 1 aromatic rings. The first kappa shape index (κ1) is 11.4. The third-order valence-corrected chi connectivity index (χ3v) is 4.23. The van der Waals surface area contributed by atoms with Crippen LogP contribution in [0.5, 0.6) is 0 Å². The minimum atomic E-state index is 0.858. The molecule has 1 heterocycles. The molecule has 1 fully saturated rings. The Labute approximate surface area is 101 Å². The number of thiophene rings is 1. The number of halogens is 1. The van der Waals surface area contributed by atoms with Crippen molar-refractivity contribution in [1.82, 2.24) is 5.32 Å². The average molecular weight is 244 g/mol. The Hall–Kier alpha value is -0.0500. The van der Waals surface area contributed by atoms with Crippen molar-refractivity contribution in [3.05, 3.63) is 21.3 Å². The molecule has 0 saturated heterocycles. The van der Waals surface area contributed by atoms with Gasteiger partial charge >= 0.3 is 0 Å². The fourth-order valence-electron chi connectivity index (χ4n) is 1.68. The van der Waals surface area contributed by atoms with E-state index in [4.69, 9.17) is 11.6 Å². The van der Waals surface area contributed by atoms with E-state index in [1.54, 1.807) is 11.3 Å². The molecule has 1 aromatic heterocycles. The van der Waals surface area contributed by atoms with Crippen LogP contribution in [0.2, 0.25) is 5.02 Å². The lowest BCUT2D eigenvalue weighted by Crippen LogP contribution is -2.17. The maximum Gasteiger partial charge on any atom is 0.0544 e. The molecular formula is C12H18ClNS. The number of nitrogens with one attached hydrogen (secondary N) is 1. The Bertz CT molecular complexity index is 294. The van der Waals surface area contributed by atoms with Crippen molar-refractivity contribution >= 4 is 22.9 Å². The van der Waals surface area contributed by atoms with Gasteiger partial charge in [-0.05, 0) is 50.1 Å². The van der Waals surface area contributed by atoms with E-state index in [9.17, 15) is 0 Å². The molecule has 1 nitrogen and oxygen atoms in total. The minimum absolute atomic E-state index is 0.858. The number of hydrogen-bond donors (Lipinski definition) is 1. The zero-order chi connectivity index (χ0) is 10.5. The second-order valence-electron chi connectivity index (χ2n) is 4.23. The maximum atomic E-state index is 6.03. The molecule has 84 valence electrons. The largest absolute Gasteiger partial charge is 0.314 e. The summed E-state index contributed by atoms with van der Waals surface area (Å²) in [6.45, 7) is 1.20. The highest BCUT2D eigenvalue weighted by Gasteiger charge is 2.19. The van der Waals surface area contributed by atoms with Crippen molar-refractivity contribution in [3.63, 3.8) is 0 Å². The zero-order valence-electron chi connectivity index (χ0n) is 8.97. The summed E-state index contributed by atoms with van der Waals surface area (Å²) in [6, 6.07) is 2.85. The SMILES string of the molecule is Clc1ccsc1CCCCCNC1CC1. The fourth-order valence-corrected chi connectivity index (χ4v) is 2.86. The molecule has 0 aromatic carbocycles. The van der Waals surface area contributed by atoms with E-state index in [0.29, 0.717) is 0 Å². The summed E-state index contributed by atoms with van der Waals surface area (Å²) in [7, 11) is 0. The van der Waals surface area contributed by atoms with Gasteiger partial charge in [0.15, 0.2) is 0 Å². The molecule has 1 aliphatic rings. The summed E-state index contributed by atoms with van der Waals surface area (Å²) in [6.07, 6.45) is 7.83. The average Bonchev–Trinajstić information content (AvgIpc) is 2.96. The number of hydrogen-bond acceptors (Lipinski definition) is 2. The predicted molar refractivity (Wildman–Crippen MR) is 67.9 cm³/mol. The van der Waals surface area contributed by atoms with E-state index in [2.05, 4.69) is 10.7 Å². The molecule has 2 rings (SSSR count). The molecule has 0 bridgehead atoms. The van der Waals surface area contributed by atoms with Crippen LogP contribution in [0.3, 0.4) is 0 Å². The maximum absolute atomic E-state index is 6.03. The number of aryl methyl sites for hydroxylation is 1. The van der Waals surface area contributed by atoms with Crippen LogP contribution in [0.1, 0.15) is 37.0 Å². The third kappa shape index (κ3) is 4.13. The molecule has 0 atom stereocenters. The van der Waals surface area contributed by atoms with Gasteiger partial charge in [-0.3, -0.25) is 0 Å². The van der Waals surface area contributed by atoms with Crippen molar-refractivity contribution in [2.45, 2.75) is 44.6 Å². The van der Waals surface area contributed by atoms with Crippen molar-refractivity contribution in [1.29, 1.82) is 0 Å². The van der Waals surface area contributed by atoms with Gasteiger partial charge in [0.25, 0.3) is 0 Å². The van der Waals surface area contributed by atoms with Gasteiger partial charge in [-0.25, -0.2) is 0 Å². The van der Waals surface area contributed by atoms with Crippen LogP contribution < -0.4 is 5.32 Å². The summed E-state index contributed by atoms with van der Waals surface area (Å²) in [5.41, 5.74) is 0. The molecule has 1 aliphatic carbocycles. The first-order valence-corrected chi connectivity index (χ1v) is 7.07. The summed E-state index contributed by atoms with van der Waals surface area (Å²) in [5.74, 6) is 0. The van der Waals surface area contributed by atoms with Crippen LogP contribution in [-0.4, -0.2) is 12.6 Å². The van der Waals surface area contributed by atoms with Crippen molar-refractivity contribution in [3.8, 4) is 0 Å². The molecule has 3 heteroatoms. The lowest BCUT2D eigenvalue weighted by Gasteiger charge is -2.02. The molecule has 0 aliphatic heterocycles. The first-order valence-electron chi connectivity index (χ1n) is 5.81. The van der Waals surface area contributed by atoms with E-state index in [1.165, 1.54) is 43.5 Å². The van der Waals surface area contributed by atoms with Crippen molar-refractivity contribution in [2.75, 3.05) is 6.54 Å². The van der Waals surface area contributed by atoms with Gasteiger partial charge in [0, 0.05) is 10.9 Å². The number of rotatable bonds is 7. The van der Waals surface area contributed by atoms with Gasteiger partial charge in [0.2, 0.25) is 0 Å². The highest BCUT2D eigenvalue weighted by molar-refractivity contribution is 7.10. The quantitative estimate of drug-likeness (QED) is 0.717. The van der Waals surface area contributed by atoms with Crippen LogP contribution in [0.4, 0.5) is 0 Å². The lowest BCUT2D eigenvalue weighted by molar-refractivity contribution is 0.602. The molecule has 15 heavy (non-hydrogen) atoms. The van der Waals surface area contributed by atoms with E-state index >= 15 is 0 Å². The van der Waals surface area contributed by atoms with E-state index in [1.807, 2.05) is 6.07 Å². The summed E-state index contributed by atoms with van der Waals surface area (Å²) in [4.78, 5) is 1.35. The number of unbranched alkanes of at least 4 members (excludes halogenated alkanes) is 2. The second kappa shape index (κ2) is 5.88. The van der Waals surface area contributed by atoms with Crippen molar-refractivity contribution in [2.24, 2.45) is 0 Å². The normalized spacial score (nSPS) is 15.8. The van der Waals surface area contributed by atoms with Gasteiger partial charge in [-0.1, -0.05) is 18.0 Å². The first-order chi connectivity index (χ1) is 7.36. The smallest absolute Gasteiger partial charge is 0.0544 e. The highest BCUT2D eigenvalue weighted by atomic mass is 35.5. The monoisotopic (exact) mass is 243 g/mol. The van der Waals surface area contributed by atoms with Gasteiger partial charge in [0.1, 0.15) is 0 Å². The fraction of sp³-hybridized carbons (Fsp3) is 0.667. The minimum Gasteiger partial charge on any atom is -0.314 e. The molecule has 0 unspecified atom stereocenters. The predicted octanol–water partition coefficient (Wildman–Crippen LogP) is 3.87. The van der Waals surface area contributed by atoms with Crippen molar-refractivity contribution < 1.29 is 0 Å². The Morgan fingerprint density at radius 3 is 2.87 bits per heavy atom. The van der Waals surface area contributed by atoms with E-state index in [-0.39, 0.29) is 0 Å². The molecular weight excluding hydrogens is 226 g/mol. The molecule has 1 saturated carbocycles. The lowest BCUT2D eigenvalue weighted by atomic mass is 10.2. The van der Waals surface area contributed by atoms with E-state index in [0.717, 1.165) is 17.5 Å². The van der Waals surface area contributed by atoms with Crippen LogP contribution >= 0.6 is 22.9 Å². The van der Waals surface area contributed by atoms with Gasteiger partial charge in [-0.2, -0.15) is 0 Å². The topological polar surface area (TPSA) is 12.0 Å². The molecule has 1 N–H and O–H groups in total. The van der Waals surface area contributed by atoms with Crippen LogP contribution in [0.15, 0.2) is 11.4 Å². The second-order valence-corrected chi connectivity index (χ2v) is 5.64. The highest BCUT2D eigenvalue weighted by Crippen LogP contribution is 2.24. The van der Waals surface area contributed by atoms with Gasteiger partial charge < -0.3 is 5.32 Å². The summed E-state index contributed by atoms with van der Waals surface area (Å²) >= 11 is 7.81. The Morgan fingerprint density at radius 1 is 1.33 bits per heavy atom. The summed E-state index contributed by atoms with van der Waals surface area (Å²) < 4.78 is 0. The Balaban J connectivity index is 1.49. The molecule has 0 spiro atoms. The van der Waals surface area contributed by atoms with Gasteiger partial charge in [0.05, 0.1) is 5.02 Å². The van der Waals surface area contributed by atoms with Crippen LogP contribution in [0.25, 0.3) is 0 Å². The Morgan fingerprint density at radius 2 is 2.20 bits per heavy atom. The molecule has 0 radical (unpaired) electrons. The summed E-state index contributed by atoms with van der Waals surface area (Å²) in [5, 5.41) is 6.57. The van der Waals surface area contributed by atoms with E-state index < -0.39 is 0 Å². The van der Waals surface area contributed by atoms with Crippen LogP contribution in [-0.2, 0) is 6.42 Å². The standard InChI is InChI=1S/C12H18ClNS/c13-11-7-9-15-12(11)4-2-1-3-8-14-10-5-6-10/h7,9-10,14H,1-6,8H2. The molecule has 0 amide bonds. The van der Waals surface area contributed by atoms with Gasteiger partial charge in [-0.15, -0.1) is 11.3 Å². The third-order valence-electron chi connectivity index (χ3n) is 2.78. The zero-order valence-corrected chi connectivity index (χ0v) is 10.5. The van der Waals surface area contributed by atoms with Crippen LogP contribution in [0, 0.1) is 0 Å². The Kier molecular flexibility index (Phi) is 4.48.